The number of likely N-dealkylation sites (tertiary alicyclic amines) is 1. The molecule has 10 N–H and O–H groups in total. The Kier molecular flexibility index (Phi) is 21.4. The summed E-state index contributed by atoms with van der Waals surface area (Å²) in [7, 11) is 0. The van der Waals surface area contributed by atoms with Crippen molar-refractivity contribution in [1.29, 1.82) is 0 Å². The van der Waals surface area contributed by atoms with Gasteiger partial charge in [-0.1, -0.05) is 22.9 Å². The van der Waals surface area contributed by atoms with Crippen molar-refractivity contribution in [3.8, 4) is 0 Å². The fourth-order valence-electron chi connectivity index (χ4n) is 6.40. The number of hydrogen-bond acceptors (Lipinski definition) is 13. The lowest BCUT2D eigenvalue weighted by molar-refractivity contribution is -0.141. The van der Waals surface area contributed by atoms with E-state index in [0.29, 0.717) is 18.7 Å². The number of rotatable bonds is 24. The number of unbranched alkanes of at least 4 members (excludes halogenated alkanes) is 1. The second-order valence-corrected chi connectivity index (χ2v) is 17.9. The van der Waals surface area contributed by atoms with E-state index >= 15 is 0 Å². The van der Waals surface area contributed by atoms with Gasteiger partial charge in [0.2, 0.25) is 47.3 Å². The molecule has 1 saturated carbocycles. The minimum absolute atomic E-state index is 0.0317. The van der Waals surface area contributed by atoms with Gasteiger partial charge in [-0.15, -0.1) is 11.8 Å². The lowest BCUT2D eigenvalue weighted by atomic mass is 9.91. The molecule has 1 aromatic rings. The summed E-state index contributed by atoms with van der Waals surface area (Å²) < 4.78 is 1.71. The van der Waals surface area contributed by atoms with Gasteiger partial charge in [-0.2, -0.15) is 0 Å². The molecule has 1 aromatic carbocycles. The van der Waals surface area contributed by atoms with Crippen LogP contribution in [0.3, 0.4) is 0 Å². The quantitative estimate of drug-likeness (QED) is 0.0354. The SMILES string of the molecule is CC(CSC1CC(=O)N(CCCCN(Cc2cc(Br)cc(Br)c2N)C2CCC(O)CC2)C1=O)C(=O)NCC(=O)NCC(=O)NCC(=O)NCC(=O)NCC(=O)NC(C)C(=O)O. The van der Waals surface area contributed by atoms with Crippen molar-refractivity contribution in [3.05, 3.63) is 26.6 Å². The highest BCUT2D eigenvalue weighted by molar-refractivity contribution is 9.11. The number of anilines is 1. The number of thioether (sulfide) groups is 1. The maximum atomic E-state index is 13.2. The Morgan fingerprint density at radius 2 is 1.38 bits per heavy atom. The number of halogens is 2. The number of nitrogens with one attached hydrogen (secondary N) is 6. The van der Waals surface area contributed by atoms with Crippen LogP contribution in [0.2, 0.25) is 0 Å². The van der Waals surface area contributed by atoms with Gasteiger partial charge in [-0.05, 0) is 85.6 Å². The van der Waals surface area contributed by atoms with E-state index in [2.05, 4.69) is 68.7 Å². The van der Waals surface area contributed by atoms with E-state index < -0.39 is 91.3 Å². The standard InChI is InChI=1S/C38H55Br2N9O11S/c1-21(36(57)46-17-32(54)44-15-30(52)42-14-29(51)43-16-31(53)45-18-33(55)47-22(2)38(59)60)20-61-28-13-34(56)49(37(28)58)10-4-3-9-48(25-5-7-26(50)8-6-25)19-23-11-24(39)12-27(40)35(23)41/h11-12,21-22,25-26,28,50H,3-10,13-20,41H2,1-2H3,(H,42,52)(H,43,51)(H,44,54)(H,45,53)(H,46,57)(H,47,55)(H,59,60). The summed E-state index contributed by atoms with van der Waals surface area (Å²) in [5, 5.41) is 31.8. The molecule has 338 valence electrons. The summed E-state index contributed by atoms with van der Waals surface area (Å²) in [6.45, 7) is 2.02. The van der Waals surface area contributed by atoms with E-state index in [1.165, 1.54) is 23.6 Å². The van der Waals surface area contributed by atoms with Crippen molar-refractivity contribution in [2.24, 2.45) is 5.92 Å². The monoisotopic (exact) mass is 1000 g/mol. The molecule has 0 aromatic heterocycles. The third kappa shape index (κ3) is 17.9. The number of aliphatic carboxylic acids is 1. The van der Waals surface area contributed by atoms with E-state index in [1.54, 1.807) is 6.92 Å². The van der Waals surface area contributed by atoms with E-state index in [4.69, 9.17) is 10.8 Å². The van der Waals surface area contributed by atoms with Gasteiger partial charge in [0.1, 0.15) is 6.04 Å². The van der Waals surface area contributed by atoms with Gasteiger partial charge < -0.3 is 47.8 Å². The van der Waals surface area contributed by atoms with Gasteiger partial charge in [-0.3, -0.25) is 53.0 Å². The molecule has 0 radical (unpaired) electrons. The summed E-state index contributed by atoms with van der Waals surface area (Å²) >= 11 is 8.28. The number of carbonyl (C=O) groups is 9. The summed E-state index contributed by atoms with van der Waals surface area (Å²) in [6.07, 6.45) is 4.29. The first-order valence-electron chi connectivity index (χ1n) is 19.8. The normalized spacial score (nSPS) is 18.5. The van der Waals surface area contributed by atoms with Crippen molar-refractivity contribution in [2.45, 2.75) is 88.8 Å². The molecule has 20 nitrogen and oxygen atoms in total. The molecule has 1 heterocycles. The Morgan fingerprint density at radius 1 is 0.836 bits per heavy atom. The summed E-state index contributed by atoms with van der Waals surface area (Å²) in [6, 6.07) is 3.03. The minimum Gasteiger partial charge on any atom is -0.480 e. The fourth-order valence-corrected chi connectivity index (χ4v) is 8.92. The van der Waals surface area contributed by atoms with Gasteiger partial charge in [-0.25, -0.2) is 0 Å². The number of aliphatic hydroxyl groups is 1. The van der Waals surface area contributed by atoms with Crippen molar-refractivity contribution < 1.29 is 53.4 Å². The molecule has 2 aliphatic rings. The van der Waals surface area contributed by atoms with Crippen molar-refractivity contribution in [2.75, 3.05) is 57.3 Å². The average molecular weight is 1010 g/mol. The number of imide groups is 1. The van der Waals surface area contributed by atoms with Crippen molar-refractivity contribution >= 4 is 103 Å². The van der Waals surface area contributed by atoms with Crippen LogP contribution >= 0.6 is 43.6 Å². The second-order valence-electron chi connectivity index (χ2n) is 14.9. The highest BCUT2D eigenvalue weighted by Gasteiger charge is 2.39. The molecule has 0 bridgehead atoms. The van der Waals surface area contributed by atoms with Crippen LogP contribution in [0.1, 0.15) is 64.4 Å². The first-order valence-corrected chi connectivity index (χ1v) is 22.5. The van der Waals surface area contributed by atoms with Gasteiger partial charge in [0.05, 0.1) is 49.8 Å². The first-order chi connectivity index (χ1) is 28.8. The number of nitrogens with zero attached hydrogens (tertiary/aromatic N) is 2. The second kappa shape index (κ2) is 25.6. The zero-order valence-electron chi connectivity index (χ0n) is 34.1. The molecule has 3 atom stereocenters. The number of nitrogens with two attached hydrogens (primary N) is 1. The van der Waals surface area contributed by atoms with E-state index in [-0.39, 0.29) is 42.7 Å². The lowest BCUT2D eigenvalue weighted by Gasteiger charge is -2.36. The molecule has 2 fully saturated rings. The number of carbonyl (C=O) groups excluding carboxylic acids is 8. The number of carboxylic acids is 1. The van der Waals surface area contributed by atoms with E-state index in [9.17, 15) is 48.3 Å². The number of nitrogen functional groups attached to an aromatic ring is 1. The fraction of sp³-hybridized carbons (Fsp3) is 0.605. The van der Waals surface area contributed by atoms with Gasteiger partial charge >= 0.3 is 5.97 Å². The number of amides is 8. The summed E-state index contributed by atoms with van der Waals surface area (Å²) in [5.41, 5.74) is 8.04. The Hall–Kier alpha value is -4.32. The maximum Gasteiger partial charge on any atom is 0.325 e. The highest BCUT2D eigenvalue weighted by Crippen LogP contribution is 2.32. The molecule has 3 rings (SSSR count). The molecule has 1 saturated heterocycles. The molecule has 61 heavy (non-hydrogen) atoms. The molecule has 23 heteroatoms. The molecule has 1 aliphatic carbocycles. The third-order valence-corrected chi connectivity index (χ3v) is 12.5. The van der Waals surface area contributed by atoms with Crippen molar-refractivity contribution in [3.63, 3.8) is 0 Å². The predicted octanol–water partition coefficient (Wildman–Crippen LogP) is -0.653. The van der Waals surface area contributed by atoms with Crippen LogP contribution in [0.15, 0.2) is 21.1 Å². The van der Waals surface area contributed by atoms with Crippen LogP contribution < -0.4 is 37.6 Å². The first kappa shape index (κ1) is 51.0. The smallest absolute Gasteiger partial charge is 0.325 e. The van der Waals surface area contributed by atoms with Crippen LogP contribution in [0.5, 0.6) is 0 Å². The highest BCUT2D eigenvalue weighted by atomic mass is 79.9. The Balaban J connectivity index is 1.30. The summed E-state index contributed by atoms with van der Waals surface area (Å²) in [5.74, 6) is -6.27. The van der Waals surface area contributed by atoms with Crippen LogP contribution in [-0.4, -0.2) is 148 Å². The van der Waals surface area contributed by atoms with Crippen molar-refractivity contribution in [1.82, 2.24) is 41.7 Å². The van der Waals surface area contributed by atoms with Gasteiger partial charge in [0.15, 0.2) is 0 Å². The van der Waals surface area contributed by atoms with Crippen LogP contribution in [0.4, 0.5) is 5.69 Å². The minimum atomic E-state index is -1.25. The number of benzene rings is 1. The molecular weight excluding hydrogens is 950 g/mol. The summed E-state index contributed by atoms with van der Waals surface area (Å²) in [4.78, 5) is 113. The number of hydrogen-bond donors (Lipinski definition) is 9. The predicted molar refractivity (Wildman–Crippen MR) is 231 cm³/mol. The van der Waals surface area contributed by atoms with Gasteiger partial charge in [0.25, 0.3) is 0 Å². The number of aliphatic hydroxyl groups excluding tert-OH is 1. The zero-order chi connectivity index (χ0) is 45.2. The Morgan fingerprint density at radius 3 is 1.93 bits per heavy atom. The molecule has 3 unspecified atom stereocenters. The lowest BCUT2D eigenvalue weighted by Crippen LogP contribution is -2.47. The van der Waals surface area contributed by atoms with E-state index in [0.717, 1.165) is 53.2 Å². The topological polar surface area (TPSA) is 299 Å². The van der Waals surface area contributed by atoms with E-state index in [1.807, 2.05) is 12.1 Å². The maximum absolute atomic E-state index is 13.2. The number of carboxylic acid groups (broad SMARTS) is 1. The van der Waals surface area contributed by atoms with Crippen LogP contribution in [-0.2, 0) is 49.7 Å². The largest absolute Gasteiger partial charge is 0.480 e. The Labute approximate surface area is 374 Å². The molecular formula is C38H55Br2N9O11S. The van der Waals surface area contributed by atoms with Crippen LogP contribution in [0.25, 0.3) is 0 Å². The Bertz CT molecular complexity index is 1780. The molecule has 8 amide bonds. The van der Waals surface area contributed by atoms with Gasteiger partial charge in [0, 0.05) is 46.2 Å². The molecule has 0 spiro atoms. The third-order valence-electron chi connectivity index (χ3n) is 9.97. The van der Waals surface area contributed by atoms with Crippen LogP contribution in [0, 0.1) is 5.92 Å². The average Bonchev–Trinajstić information content (AvgIpc) is 3.49. The molecule has 1 aliphatic heterocycles. The zero-order valence-corrected chi connectivity index (χ0v) is 38.0.